The molecule has 1 rings (SSSR count). The molecule has 0 atom stereocenters. The second kappa shape index (κ2) is 5.58. The van der Waals surface area contributed by atoms with Crippen molar-refractivity contribution in [2.45, 2.75) is 38.6 Å². The van der Waals surface area contributed by atoms with Crippen molar-refractivity contribution in [1.29, 1.82) is 0 Å². The predicted molar refractivity (Wildman–Crippen MR) is 72.5 cm³/mol. The number of hydrogen-bond donors (Lipinski definition) is 4. The standard InChI is InChI=1S/C12H24N4O2/c1-5-12(6-17,7-18)14-11-9(13)10(8(2)3)15-16(11)4/h8,14,17-18H,5-7,13H2,1-4H3. The van der Waals surface area contributed by atoms with E-state index in [2.05, 4.69) is 10.4 Å². The summed E-state index contributed by atoms with van der Waals surface area (Å²) in [5.41, 5.74) is 6.70. The first-order valence-electron chi connectivity index (χ1n) is 6.23. The minimum Gasteiger partial charge on any atom is -0.394 e. The van der Waals surface area contributed by atoms with Gasteiger partial charge in [-0.1, -0.05) is 20.8 Å². The van der Waals surface area contributed by atoms with Crippen LogP contribution in [0, 0.1) is 0 Å². The maximum Gasteiger partial charge on any atom is 0.148 e. The summed E-state index contributed by atoms with van der Waals surface area (Å²) in [7, 11) is 1.79. The molecule has 1 heterocycles. The number of rotatable bonds is 6. The number of aromatic nitrogens is 2. The van der Waals surface area contributed by atoms with E-state index in [4.69, 9.17) is 5.73 Å². The van der Waals surface area contributed by atoms with Crippen molar-refractivity contribution in [1.82, 2.24) is 9.78 Å². The van der Waals surface area contributed by atoms with E-state index in [0.29, 0.717) is 17.9 Å². The minimum absolute atomic E-state index is 0.165. The molecule has 0 fully saturated rings. The number of aliphatic hydroxyl groups is 2. The predicted octanol–water partition coefficient (Wildman–Crippen LogP) is 0.671. The molecule has 0 saturated heterocycles. The van der Waals surface area contributed by atoms with Gasteiger partial charge in [-0.05, 0) is 12.3 Å². The fourth-order valence-electron chi connectivity index (χ4n) is 1.83. The molecule has 0 unspecified atom stereocenters. The van der Waals surface area contributed by atoms with Crippen LogP contribution in [-0.4, -0.2) is 38.7 Å². The van der Waals surface area contributed by atoms with Crippen LogP contribution in [0.2, 0.25) is 0 Å². The Morgan fingerprint density at radius 2 is 1.94 bits per heavy atom. The number of nitrogens with one attached hydrogen (secondary N) is 1. The lowest BCUT2D eigenvalue weighted by Gasteiger charge is -2.30. The smallest absolute Gasteiger partial charge is 0.148 e. The second-order valence-electron chi connectivity index (χ2n) is 5.00. The van der Waals surface area contributed by atoms with E-state index in [-0.39, 0.29) is 19.1 Å². The molecule has 5 N–H and O–H groups in total. The van der Waals surface area contributed by atoms with Crippen molar-refractivity contribution in [3.63, 3.8) is 0 Å². The summed E-state index contributed by atoms with van der Waals surface area (Å²) in [6.45, 7) is 5.61. The Morgan fingerprint density at radius 3 is 2.28 bits per heavy atom. The van der Waals surface area contributed by atoms with Crippen LogP contribution in [0.15, 0.2) is 0 Å². The molecule has 0 amide bonds. The van der Waals surface area contributed by atoms with Gasteiger partial charge in [0.05, 0.1) is 30.1 Å². The van der Waals surface area contributed by atoms with Gasteiger partial charge in [0.25, 0.3) is 0 Å². The average Bonchev–Trinajstić information content (AvgIpc) is 2.63. The second-order valence-corrected chi connectivity index (χ2v) is 5.00. The molecule has 18 heavy (non-hydrogen) atoms. The normalized spacial score (nSPS) is 12.2. The molecule has 1 aromatic heterocycles. The van der Waals surface area contributed by atoms with Crippen molar-refractivity contribution in [3.8, 4) is 0 Å². The maximum atomic E-state index is 9.44. The van der Waals surface area contributed by atoms with Gasteiger partial charge in [0.15, 0.2) is 0 Å². The van der Waals surface area contributed by atoms with E-state index in [1.807, 2.05) is 20.8 Å². The number of aliphatic hydroxyl groups excluding tert-OH is 2. The number of hydrogen-bond acceptors (Lipinski definition) is 5. The van der Waals surface area contributed by atoms with Gasteiger partial charge in [-0.3, -0.25) is 4.68 Å². The van der Waals surface area contributed by atoms with Crippen LogP contribution in [0.25, 0.3) is 0 Å². The first kappa shape index (κ1) is 14.8. The van der Waals surface area contributed by atoms with Gasteiger partial charge in [-0.15, -0.1) is 0 Å². The van der Waals surface area contributed by atoms with Crippen LogP contribution in [0.1, 0.15) is 38.8 Å². The van der Waals surface area contributed by atoms with Crippen LogP contribution < -0.4 is 11.1 Å². The van der Waals surface area contributed by atoms with E-state index in [0.717, 1.165) is 5.69 Å². The summed E-state index contributed by atoms with van der Waals surface area (Å²) < 4.78 is 1.65. The van der Waals surface area contributed by atoms with Gasteiger partial charge < -0.3 is 21.3 Å². The molecule has 104 valence electrons. The maximum absolute atomic E-state index is 9.44. The van der Waals surface area contributed by atoms with Crippen LogP contribution in [0.5, 0.6) is 0 Å². The van der Waals surface area contributed by atoms with Crippen molar-refractivity contribution < 1.29 is 10.2 Å². The van der Waals surface area contributed by atoms with Gasteiger partial charge >= 0.3 is 0 Å². The lowest BCUT2D eigenvalue weighted by atomic mass is 9.98. The van der Waals surface area contributed by atoms with E-state index < -0.39 is 5.54 Å². The third-order valence-electron chi connectivity index (χ3n) is 3.32. The molecular formula is C12H24N4O2. The number of aryl methyl sites for hydroxylation is 1. The molecule has 0 aliphatic carbocycles. The summed E-state index contributed by atoms with van der Waals surface area (Å²) in [5, 5.41) is 26.4. The molecule has 1 aromatic rings. The molecule has 0 bridgehead atoms. The zero-order chi connectivity index (χ0) is 13.9. The third kappa shape index (κ3) is 2.59. The van der Waals surface area contributed by atoms with Crippen molar-refractivity contribution in [2.75, 3.05) is 24.3 Å². The van der Waals surface area contributed by atoms with Gasteiger partial charge in [-0.2, -0.15) is 5.10 Å². The lowest BCUT2D eigenvalue weighted by Crippen LogP contribution is -2.45. The van der Waals surface area contributed by atoms with Gasteiger partial charge in [0.1, 0.15) is 5.82 Å². The molecule has 0 radical (unpaired) electrons. The van der Waals surface area contributed by atoms with Gasteiger partial charge in [0, 0.05) is 7.05 Å². The fraction of sp³-hybridized carbons (Fsp3) is 0.750. The van der Waals surface area contributed by atoms with Crippen LogP contribution >= 0.6 is 0 Å². The first-order chi connectivity index (χ1) is 8.40. The topological polar surface area (TPSA) is 96.3 Å². The molecular weight excluding hydrogens is 232 g/mol. The Kier molecular flexibility index (Phi) is 4.59. The Bertz CT molecular complexity index is 389. The molecule has 0 aliphatic heterocycles. The number of nitrogens with zero attached hydrogens (tertiary/aromatic N) is 2. The summed E-state index contributed by atoms with van der Waals surface area (Å²) in [5.74, 6) is 0.870. The summed E-state index contributed by atoms with van der Waals surface area (Å²) in [4.78, 5) is 0. The highest BCUT2D eigenvalue weighted by molar-refractivity contribution is 5.66. The van der Waals surface area contributed by atoms with E-state index >= 15 is 0 Å². The van der Waals surface area contributed by atoms with Gasteiger partial charge in [-0.25, -0.2) is 0 Å². The van der Waals surface area contributed by atoms with Crippen molar-refractivity contribution >= 4 is 11.5 Å². The van der Waals surface area contributed by atoms with Crippen molar-refractivity contribution in [2.24, 2.45) is 7.05 Å². The zero-order valence-corrected chi connectivity index (χ0v) is 11.6. The number of anilines is 2. The minimum atomic E-state index is -0.768. The quantitative estimate of drug-likeness (QED) is 0.600. The van der Waals surface area contributed by atoms with E-state index in [1.165, 1.54) is 0 Å². The summed E-state index contributed by atoms with van der Waals surface area (Å²) in [6, 6.07) is 0. The fourth-order valence-corrected chi connectivity index (χ4v) is 1.83. The average molecular weight is 256 g/mol. The first-order valence-corrected chi connectivity index (χ1v) is 6.23. The van der Waals surface area contributed by atoms with E-state index in [9.17, 15) is 10.2 Å². The highest BCUT2D eigenvalue weighted by atomic mass is 16.3. The third-order valence-corrected chi connectivity index (χ3v) is 3.32. The van der Waals surface area contributed by atoms with Crippen LogP contribution in [0.4, 0.5) is 11.5 Å². The van der Waals surface area contributed by atoms with Crippen LogP contribution in [-0.2, 0) is 7.05 Å². The molecule has 0 aromatic carbocycles. The SMILES string of the molecule is CCC(CO)(CO)Nc1c(N)c(C(C)C)nn1C. The van der Waals surface area contributed by atoms with Crippen molar-refractivity contribution in [3.05, 3.63) is 5.69 Å². The largest absolute Gasteiger partial charge is 0.394 e. The Balaban J connectivity index is 3.11. The Morgan fingerprint density at radius 1 is 1.39 bits per heavy atom. The molecule has 0 aliphatic rings. The molecule has 0 spiro atoms. The molecule has 6 nitrogen and oxygen atoms in total. The van der Waals surface area contributed by atoms with E-state index in [1.54, 1.807) is 11.7 Å². The monoisotopic (exact) mass is 256 g/mol. The molecule has 0 saturated carbocycles. The summed E-state index contributed by atoms with van der Waals surface area (Å²) in [6.07, 6.45) is 0.585. The highest BCUT2D eigenvalue weighted by Gasteiger charge is 2.29. The van der Waals surface area contributed by atoms with Gasteiger partial charge in [0.2, 0.25) is 0 Å². The number of nitrogens with two attached hydrogens (primary N) is 1. The van der Waals surface area contributed by atoms with Crippen LogP contribution in [0.3, 0.4) is 0 Å². The summed E-state index contributed by atoms with van der Waals surface area (Å²) >= 11 is 0. The lowest BCUT2D eigenvalue weighted by molar-refractivity contribution is 0.132. The zero-order valence-electron chi connectivity index (χ0n) is 11.6. The highest BCUT2D eigenvalue weighted by Crippen LogP contribution is 2.30. The number of nitrogen functional groups attached to an aromatic ring is 1. The molecule has 6 heteroatoms. The Labute approximate surface area is 108 Å². The Hall–Kier alpha value is -1.27.